The summed E-state index contributed by atoms with van der Waals surface area (Å²) in [5, 5.41) is 4.56. The second-order valence-corrected chi connectivity index (χ2v) is 10.2. The van der Waals surface area contributed by atoms with E-state index in [1.807, 2.05) is 48.7 Å². The number of benzene rings is 2. The summed E-state index contributed by atoms with van der Waals surface area (Å²) in [5.41, 5.74) is 4.66. The van der Waals surface area contributed by atoms with Gasteiger partial charge in [-0.2, -0.15) is 0 Å². The fraction of sp³-hybridized carbons (Fsp3) is 0.154. The maximum atomic E-state index is 12.4. The maximum Gasteiger partial charge on any atom is 0.573 e. The molecule has 8 nitrogen and oxygen atoms in total. The number of thiazole rings is 1. The van der Waals surface area contributed by atoms with Gasteiger partial charge in [-0.15, -0.1) is 24.5 Å². The molecule has 13 heteroatoms. The SMILES string of the molecule is CC(C)c1scnc1NC(=O)NS/N=C/c1ccc2c(ccn3c(-c4ccc(OC(F)(F)F)cc4)cnc23)c1. The zero-order valence-electron chi connectivity index (χ0n) is 20.6. The molecular weight excluding hydrogens is 549 g/mol. The van der Waals surface area contributed by atoms with Crippen LogP contribution in [0.15, 0.2) is 70.8 Å². The van der Waals surface area contributed by atoms with Crippen LogP contribution in [0, 0.1) is 0 Å². The van der Waals surface area contributed by atoms with Crippen molar-refractivity contribution in [2.75, 3.05) is 5.32 Å². The van der Waals surface area contributed by atoms with Crippen LogP contribution in [0.4, 0.5) is 23.8 Å². The lowest BCUT2D eigenvalue weighted by atomic mass is 10.1. The highest BCUT2D eigenvalue weighted by Crippen LogP contribution is 2.30. The average Bonchev–Trinajstić information content (AvgIpc) is 3.53. The lowest BCUT2D eigenvalue weighted by Crippen LogP contribution is -2.23. The van der Waals surface area contributed by atoms with Crippen LogP contribution in [-0.4, -0.2) is 33.0 Å². The third-order valence-electron chi connectivity index (χ3n) is 5.64. The molecule has 0 fully saturated rings. The van der Waals surface area contributed by atoms with E-state index in [9.17, 15) is 18.0 Å². The number of anilines is 1. The van der Waals surface area contributed by atoms with E-state index < -0.39 is 12.4 Å². The summed E-state index contributed by atoms with van der Waals surface area (Å²) in [6.45, 7) is 4.07. The summed E-state index contributed by atoms with van der Waals surface area (Å²) in [6.07, 6.45) is 0.424. The Labute approximate surface area is 229 Å². The smallest absolute Gasteiger partial charge is 0.406 e. The molecule has 2 N–H and O–H groups in total. The van der Waals surface area contributed by atoms with Crippen molar-refractivity contribution in [3.05, 3.63) is 76.9 Å². The average molecular weight is 571 g/mol. The molecule has 2 aromatic carbocycles. The number of nitrogens with one attached hydrogen (secondary N) is 2. The Kier molecular flexibility index (Phi) is 7.44. The summed E-state index contributed by atoms with van der Waals surface area (Å²) in [4.78, 5) is 21.9. The molecule has 0 aliphatic heterocycles. The number of rotatable bonds is 7. The molecule has 200 valence electrons. The predicted molar refractivity (Wildman–Crippen MR) is 148 cm³/mol. The number of urea groups is 1. The molecule has 3 aromatic heterocycles. The van der Waals surface area contributed by atoms with Crippen LogP contribution < -0.4 is 14.8 Å². The molecule has 0 unspecified atom stereocenters. The first kappa shape index (κ1) is 26.5. The summed E-state index contributed by atoms with van der Waals surface area (Å²) in [7, 11) is 0. The molecule has 2 amide bonds. The first-order chi connectivity index (χ1) is 18.7. The van der Waals surface area contributed by atoms with Crippen molar-refractivity contribution in [3.63, 3.8) is 0 Å². The fourth-order valence-corrected chi connectivity index (χ4v) is 5.08. The Hall–Kier alpha value is -4.10. The zero-order valence-corrected chi connectivity index (χ0v) is 22.2. The molecule has 0 saturated heterocycles. The number of imidazole rings is 1. The number of carbonyl (C=O) groups excluding carboxylic acids is 1. The Morgan fingerprint density at radius 2 is 1.95 bits per heavy atom. The van der Waals surface area contributed by atoms with Crippen molar-refractivity contribution in [2.24, 2.45) is 4.40 Å². The number of nitrogens with zero attached hydrogens (tertiary/aromatic N) is 4. The van der Waals surface area contributed by atoms with Gasteiger partial charge in [-0.3, -0.25) is 14.4 Å². The minimum atomic E-state index is -4.74. The van der Waals surface area contributed by atoms with Crippen molar-refractivity contribution >= 4 is 58.0 Å². The number of carbonyl (C=O) groups is 1. The molecule has 0 bridgehead atoms. The van der Waals surface area contributed by atoms with E-state index in [0.717, 1.165) is 39.0 Å². The first-order valence-corrected chi connectivity index (χ1v) is 13.3. The topological polar surface area (TPSA) is 92.9 Å². The second kappa shape index (κ2) is 10.9. The zero-order chi connectivity index (χ0) is 27.6. The summed E-state index contributed by atoms with van der Waals surface area (Å²) in [5.74, 6) is 0.524. The van der Waals surface area contributed by atoms with E-state index in [1.54, 1.807) is 30.1 Å². The van der Waals surface area contributed by atoms with Crippen molar-refractivity contribution in [3.8, 4) is 17.0 Å². The number of fused-ring (bicyclic) bond motifs is 3. The molecule has 39 heavy (non-hydrogen) atoms. The number of ether oxygens (including phenoxy) is 1. The number of amides is 2. The second-order valence-electron chi connectivity index (χ2n) is 8.67. The normalized spacial score (nSPS) is 12.1. The third kappa shape index (κ3) is 6.15. The number of pyridine rings is 1. The predicted octanol–water partition coefficient (Wildman–Crippen LogP) is 7.44. The maximum absolute atomic E-state index is 12.4. The standard InChI is InChI=1S/C26H21F3N6O2S2/c1-15(2)22-23(31-14-38-22)33-25(36)34-39-32-12-16-3-8-20-18(11-16)9-10-35-21(13-30-24(20)35)17-4-6-19(7-5-17)37-26(27,28)29/h3-15H,1-2H3,(H2,33,34,36)/b32-12+. The quantitative estimate of drug-likeness (QED) is 0.157. The van der Waals surface area contributed by atoms with Gasteiger partial charge in [-0.25, -0.2) is 19.2 Å². The summed E-state index contributed by atoms with van der Waals surface area (Å²) >= 11 is 2.39. The number of hydrogen-bond acceptors (Lipinski definition) is 7. The first-order valence-electron chi connectivity index (χ1n) is 11.6. The van der Waals surface area contributed by atoms with Crippen molar-refractivity contribution in [2.45, 2.75) is 26.1 Å². The fourth-order valence-electron chi connectivity index (χ4n) is 3.96. The van der Waals surface area contributed by atoms with Gasteiger partial charge in [0.15, 0.2) is 0 Å². The Morgan fingerprint density at radius 3 is 2.69 bits per heavy atom. The molecule has 5 aromatic rings. The largest absolute Gasteiger partial charge is 0.573 e. The highest BCUT2D eigenvalue weighted by atomic mass is 32.2. The Balaban J connectivity index is 1.26. The number of hydrogen-bond donors (Lipinski definition) is 2. The van der Waals surface area contributed by atoms with E-state index in [2.05, 4.69) is 29.1 Å². The van der Waals surface area contributed by atoms with Crippen LogP contribution in [0.3, 0.4) is 0 Å². The monoisotopic (exact) mass is 570 g/mol. The van der Waals surface area contributed by atoms with Crippen LogP contribution in [0.1, 0.15) is 30.2 Å². The van der Waals surface area contributed by atoms with Crippen molar-refractivity contribution in [1.29, 1.82) is 0 Å². The van der Waals surface area contributed by atoms with E-state index in [4.69, 9.17) is 0 Å². The minimum Gasteiger partial charge on any atom is -0.406 e. The van der Waals surface area contributed by atoms with Crippen molar-refractivity contribution in [1.82, 2.24) is 19.1 Å². The van der Waals surface area contributed by atoms with Gasteiger partial charge in [0.2, 0.25) is 0 Å². The van der Waals surface area contributed by atoms with Crippen LogP contribution in [0.25, 0.3) is 27.7 Å². The van der Waals surface area contributed by atoms with Crippen LogP contribution in [0.5, 0.6) is 5.75 Å². The molecule has 0 aliphatic rings. The third-order valence-corrected chi connectivity index (χ3v) is 7.26. The summed E-state index contributed by atoms with van der Waals surface area (Å²) in [6, 6.07) is 12.9. The van der Waals surface area contributed by atoms with Crippen LogP contribution in [-0.2, 0) is 0 Å². The lowest BCUT2D eigenvalue weighted by Gasteiger charge is -2.09. The molecule has 0 spiro atoms. The number of aromatic nitrogens is 3. The van der Waals surface area contributed by atoms with Gasteiger partial charge in [0.25, 0.3) is 0 Å². The Morgan fingerprint density at radius 1 is 1.15 bits per heavy atom. The molecule has 0 saturated carbocycles. The number of alkyl halides is 3. The molecule has 3 heterocycles. The summed E-state index contributed by atoms with van der Waals surface area (Å²) < 4.78 is 50.0. The highest BCUT2D eigenvalue weighted by molar-refractivity contribution is 7.96. The van der Waals surface area contributed by atoms with Gasteiger partial charge in [0, 0.05) is 23.4 Å². The molecule has 0 atom stereocenters. The van der Waals surface area contributed by atoms with Gasteiger partial charge < -0.3 is 4.74 Å². The van der Waals surface area contributed by atoms with Gasteiger partial charge in [0.05, 0.1) is 34.4 Å². The molecule has 0 aliphatic carbocycles. The van der Waals surface area contributed by atoms with Gasteiger partial charge in [0.1, 0.15) is 17.2 Å². The van der Waals surface area contributed by atoms with E-state index >= 15 is 0 Å². The van der Waals surface area contributed by atoms with Gasteiger partial charge in [-0.05, 0) is 59.3 Å². The van der Waals surface area contributed by atoms with Gasteiger partial charge in [-0.1, -0.05) is 19.9 Å². The molecule has 5 rings (SSSR count). The van der Waals surface area contributed by atoms with Crippen molar-refractivity contribution < 1.29 is 22.7 Å². The number of halogens is 3. The Bertz CT molecular complexity index is 1660. The van der Waals surface area contributed by atoms with E-state index in [0.29, 0.717) is 17.0 Å². The minimum absolute atomic E-state index is 0.259. The highest BCUT2D eigenvalue weighted by Gasteiger charge is 2.31. The van der Waals surface area contributed by atoms with Crippen LogP contribution >= 0.6 is 23.5 Å². The van der Waals surface area contributed by atoms with E-state index in [-0.39, 0.29) is 11.7 Å². The van der Waals surface area contributed by atoms with Crippen LogP contribution in [0.2, 0.25) is 0 Å². The van der Waals surface area contributed by atoms with E-state index in [1.165, 1.54) is 23.5 Å². The lowest BCUT2D eigenvalue weighted by molar-refractivity contribution is -0.274. The molecule has 0 radical (unpaired) electrons. The molecular formula is C26H21F3N6O2S2. The van der Waals surface area contributed by atoms with Gasteiger partial charge >= 0.3 is 12.4 Å².